The highest BCUT2D eigenvalue weighted by Crippen LogP contribution is 2.27. The molecule has 1 aliphatic rings. The molecule has 6 heteroatoms. The van der Waals surface area contributed by atoms with Gasteiger partial charge in [-0.1, -0.05) is 6.07 Å². The van der Waals surface area contributed by atoms with E-state index in [0.717, 1.165) is 5.56 Å². The summed E-state index contributed by atoms with van der Waals surface area (Å²) in [5.41, 5.74) is 1.13. The molecule has 1 saturated heterocycles. The fourth-order valence-electron chi connectivity index (χ4n) is 2.38. The van der Waals surface area contributed by atoms with Crippen LogP contribution in [0.2, 0.25) is 0 Å². The molecule has 0 spiro atoms. The van der Waals surface area contributed by atoms with Gasteiger partial charge in [0.05, 0.1) is 12.6 Å². The molecule has 5 nitrogen and oxygen atoms in total. The minimum atomic E-state index is -0.135. The lowest BCUT2D eigenvalue weighted by Gasteiger charge is -2.36. The number of hydrogen-bond acceptors (Lipinski definition) is 4. The van der Waals surface area contributed by atoms with E-state index in [4.69, 9.17) is 4.74 Å². The Morgan fingerprint density at radius 3 is 3.05 bits per heavy atom. The summed E-state index contributed by atoms with van der Waals surface area (Å²) in [5.74, 6) is 0.564. The second-order valence-corrected chi connectivity index (χ2v) is 5.82. The third-order valence-corrected chi connectivity index (χ3v) is 4.06. The zero-order valence-corrected chi connectivity index (χ0v) is 12.5. The lowest BCUT2D eigenvalue weighted by molar-refractivity contribution is -0.0641. The lowest BCUT2D eigenvalue weighted by atomic mass is 10.1. The molecule has 21 heavy (non-hydrogen) atoms. The number of urea groups is 1. The second kappa shape index (κ2) is 6.24. The van der Waals surface area contributed by atoms with Gasteiger partial charge < -0.3 is 9.64 Å². The second-order valence-electron chi connectivity index (χ2n) is 5.04. The summed E-state index contributed by atoms with van der Waals surface area (Å²) in [6.45, 7) is 3.12. The van der Waals surface area contributed by atoms with E-state index >= 15 is 0 Å². The van der Waals surface area contributed by atoms with Crippen molar-refractivity contribution in [2.24, 2.45) is 0 Å². The van der Waals surface area contributed by atoms with E-state index < -0.39 is 0 Å². The first-order chi connectivity index (χ1) is 10.2. The smallest absolute Gasteiger partial charge is 0.323 e. The van der Waals surface area contributed by atoms with Crippen molar-refractivity contribution in [2.45, 2.75) is 19.1 Å². The average molecular weight is 303 g/mol. The van der Waals surface area contributed by atoms with Crippen LogP contribution in [-0.2, 0) is 4.74 Å². The Kier molecular flexibility index (Phi) is 4.17. The number of ether oxygens (including phenoxy) is 1. The molecule has 110 valence electrons. The number of hydrogen-bond donors (Lipinski definition) is 1. The monoisotopic (exact) mass is 303 g/mol. The number of amides is 2. The molecule has 0 bridgehead atoms. The van der Waals surface area contributed by atoms with Gasteiger partial charge in [-0.05, 0) is 41.4 Å². The molecule has 0 aromatic carbocycles. The van der Waals surface area contributed by atoms with E-state index in [0.29, 0.717) is 18.9 Å². The summed E-state index contributed by atoms with van der Waals surface area (Å²) >= 11 is 1.64. The maximum Gasteiger partial charge on any atom is 0.323 e. The van der Waals surface area contributed by atoms with Crippen LogP contribution in [0, 0.1) is 0 Å². The number of morpholine rings is 1. The van der Waals surface area contributed by atoms with Crippen LogP contribution in [-0.4, -0.2) is 35.1 Å². The molecule has 3 heterocycles. The van der Waals surface area contributed by atoms with Gasteiger partial charge in [0.1, 0.15) is 11.9 Å². The molecule has 0 aliphatic carbocycles. The maximum absolute atomic E-state index is 12.4. The van der Waals surface area contributed by atoms with Gasteiger partial charge >= 0.3 is 6.03 Å². The van der Waals surface area contributed by atoms with Crippen LogP contribution in [0.3, 0.4) is 0 Å². The molecular formula is C15H17N3O2S. The van der Waals surface area contributed by atoms with Crippen molar-refractivity contribution in [2.75, 3.05) is 18.4 Å². The third-order valence-electron chi connectivity index (χ3n) is 3.36. The van der Waals surface area contributed by atoms with E-state index in [1.165, 1.54) is 0 Å². The van der Waals surface area contributed by atoms with Crippen LogP contribution < -0.4 is 5.32 Å². The molecule has 2 aromatic heterocycles. The molecular weight excluding hydrogens is 286 g/mol. The van der Waals surface area contributed by atoms with Gasteiger partial charge in [0.25, 0.3) is 0 Å². The van der Waals surface area contributed by atoms with Gasteiger partial charge in [-0.2, -0.15) is 11.3 Å². The number of carbonyl (C=O) groups excluding carboxylic acids is 1. The number of pyridine rings is 1. The third kappa shape index (κ3) is 3.40. The van der Waals surface area contributed by atoms with Gasteiger partial charge in [-0.3, -0.25) is 5.32 Å². The summed E-state index contributed by atoms with van der Waals surface area (Å²) < 4.78 is 5.93. The molecule has 2 amide bonds. The number of anilines is 1. The summed E-state index contributed by atoms with van der Waals surface area (Å²) in [6, 6.07) is 7.35. The van der Waals surface area contributed by atoms with Crippen LogP contribution >= 0.6 is 11.3 Å². The predicted octanol–water partition coefficient (Wildman–Crippen LogP) is 3.14. The summed E-state index contributed by atoms with van der Waals surface area (Å²) in [6.07, 6.45) is 1.61. The topological polar surface area (TPSA) is 54.5 Å². The largest absolute Gasteiger partial charge is 0.367 e. The van der Waals surface area contributed by atoms with Gasteiger partial charge in [-0.15, -0.1) is 0 Å². The molecule has 1 fully saturated rings. The number of nitrogens with zero attached hydrogens (tertiary/aromatic N) is 2. The molecule has 2 atom stereocenters. The zero-order chi connectivity index (χ0) is 14.7. The fraction of sp³-hybridized carbons (Fsp3) is 0.333. The standard InChI is InChI=1S/C15H17N3O2S/c1-11-8-18(9-13(20-11)12-5-7-21-10-12)15(19)17-14-4-2-3-6-16-14/h2-7,10-11,13H,8-9H2,1H3,(H,16,17,19)/t11-,13+/m0/s1. The van der Waals surface area contributed by atoms with Crippen LogP contribution in [0.5, 0.6) is 0 Å². The van der Waals surface area contributed by atoms with Crippen molar-refractivity contribution in [3.05, 3.63) is 46.8 Å². The average Bonchev–Trinajstić information content (AvgIpc) is 3.02. The highest BCUT2D eigenvalue weighted by atomic mass is 32.1. The zero-order valence-electron chi connectivity index (χ0n) is 11.7. The molecule has 1 N–H and O–H groups in total. The molecule has 2 aromatic rings. The highest BCUT2D eigenvalue weighted by molar-refractivity contribution is 7.07. The Hall–Kier alpha value is -1.92. The van der Waals surface area contributed by atoms with Crippen molar-refractivity contribution in [1.29, 1.82) is 0 Å². The lowest BCUT2D eigenvalue weighted by Crippen LogP contribution is -2.47. The minimum absolute atomic E-state index is 0.0122. The van der Waals surface area contributed by atoms with E-state index in [1.807, 2.05) is 30.5 Å². The Bertz CT molecular complexity index is 588. The Balaban J connectivity index is 1.68. The minimum Gasteiger partial charge on any atom is -0.367 e. The van der Waals surface area contributed by atoms with E-state index in [9.17, 15) is 4.79 Å². The Morgan fingerprint density at radius 2 is 2.33 bits per heavy atom. The van der Waals surface area contributed by atoms with Crippen molar-refractivity contribution < 1.29 is 9.53 Å². The van der Waals surface area contributed by atoms with E-state index in [-0.39, 0.29) is 18.2 Å². The van der Waals surface area contributed by atoms with Crippen molar-refractivity contribution in [3.63, 3.8) is 0 Å². The van der Waals surface area contributed by atoms with Gasteiger partial charge in [-0.25, -0.2) is 9.78 Å². The van der Waals surface area contributed by atoms with Crippen LogP contribution in [0.4, 0.5) is 10.6 Å². The number of thiophene rings is 1. The molecule has 0 unspecified atom stereocenters. The van der Waals surface area contributed by atoms with E-state index in [1.54, 1.807) is 28.5 Å². The first kappa shape index (κ1) is 14.0. The molecule has 1 aliphatic heterocycles. The molecule has 0 saturated carbocycles. The SMILES string of the molecule is C[C@H]1CN(C(=O)Nc2ccccn2)C[C@H](c2ccsc2)O1. The first-order valence-electron chi connectivity index (χ1n) is 6.87. The summed E-state index contributed by atoms with van der Waals surface area (Å²) in [4.78, 5) is 18.2. The van der Waals surface area contributed by atoms with Crippen molar-refractivity contribution in [3.8, 4) is 0 Å². The number of rotatable bonds is 2. The van der Waals surface area contributed by atoms with Crippen molar-refractivity contribution in [1.82, 2.24) is 9.88 Å². The quantitative estimate of drug-likeness (QED) is 0.927. The van der Waals surface area contributed by atoms with Gasteiger partial charge in [0, 0.05) is 12.7 Å². The number of carbonyl (C=O) groups is 1. The fourth-order valence-corrected chi connectivity index (χ4v) is 3.09. The molecule has 3 rings (SSSR count). The summed E-state index contributed by atoms with van der Waals surface area (Å²) in [7, 11) is 0. The van der Waals surface area contributed by atoms with Crippen LogP contribution in [0.1, 0.15) is 18.6 Å². The predicted molar refractivity (Wildman–Crippen MR) is 82.4 cm³/mol. The highest BCUT2D eigenvalue weighted by Gasteiger charge is 2.29. The van der Waals surface area contributed by atoms with Crippen molar-refractivity contribution >= 4 is 23.2 Å². The molecule has 0 radical (unpaired) electrons. The maximum atomic E-state index is 12.4. The first-order valence-corrected chi connectivity index (χ1v) is 7.81. The van der Waals surface area contributed by atoms with E-state index in [2.05, 4.69) is 15.7 Å². The van der Waals surface area contributed by atoms with Crippen LogP contribution in [0.15, 0.2) is 41.2 Å². The summed E-state index contributed by atoms with van der Waals surface area (Å²) in [5, 5.41) is 6.91. The number of nitrogens with one attached hydrogen (secondary N) is 1. The normalized spacial score (nSPS) is 22.0. The van der Waals surface area contributed by atoms with Crippen LogP contribution in [0.25, 0.3) is 0 Å². The number of aromatic nitrogens is 1. The Labute approximate surface area is 127 Å². The Morgan fingerprint density at radius 1 is 1.43 bits per heavy atom. The van der Waals surface area contributed by atoms with Gasteiger partial charge in [0.2, 0.25) is 0 Å². The van der Waals surface area contributed by atoms with Gasteiger partial charge in [0.15, 0.2) is 0 Å².